The number of ether oxygens (including phenoxy) is 3. The van der Waals surface area contributed by atoms with Crippen LogP contribution in [-0.4, -0.2) is 25.9 Å². The molecular weight excluding hydrogens is 324 g/mol. The molecule has 0 bridgehead atoms. The van der Waals surface area contributed by atoms with E-state index in [2.05, 4.69) is 42.5 Å². The SMILES string of the molecule is CCOc1c(OC[C@H]2CO2)ccc(-c2ccccc2)c1-c1ccccc1. The highest BCUT2D eigenvalue weighted by Gasteiger charge is 2.25. The fourth-order valence-electron chi connectivity index (χ4n) is 3.06. The Balaban J connectivity index is 1.87. The molecule has 26 heavy (non-hydrogen) atoms. The van der Waals surface area contributed by atoms with Gasteiger partial charge in [-0.15, -0.1) is 0 Å². The Morgan fingerprint density at radius 1 is 0.846 bits per heavy atom. The molecule has 0 amide bonds. The van der Waals surface area contributed by atoms with Crippen LogP contribution in [0.1, 0.15) is 6.92 Å². The summed E-state index contributed by atoms with van der Waals surface area (Å²) in [7, 11) is 0. The smallest absolute Gasteiger partial charge is 0.169 e. The van der Waals surface area contributed by atoms with Crippen LogP contribution in [0.25, 0.3) is 22.3 Å². The van der Waals surface area contributed by atoms with Gasteiger partial charge in [0.25, 0.3) is 0 Å². The molecule has 3 aromatic carbocycles. The van der Waals surface area contributed by atoms with Gasteiger partial charge in [0.05, 0.1) is 13.2 Å². The number of hydrogen-bond acceptors (Lipinski definition) is 3. The number of hydrogen-bond donors (Lipinski definition) is 0. The summed E-state index contributed by atoms with van der Waals surface area (Å²) in [6, 6.07) is 24.8. The highest BCUT2D eigenvalue weighted by atomic mass is 16.6. The van der Waals surface area contributed by atoms with E-state index in [0.29, 0.717) is 13.2 Å². The van der Waals surface area contributed by atoms with Crippen molar-refractivity contribution in [1.82, 2.24) is 0 Å². The van der Waals surface area contributed by atoms with Gasteiger partial charge in [-0.05, 0) is 35.7 Å². The fourth-order valence-corrected chi connectivity index (χ4v) is 3.06. The molecule has 0 spiro atoms. The lowest BCUT2D eigenvalue weighted by Crippen LogP contribution is -2.07. The van der Waals surface area contributed by atoms with Gasteiger partial charge in [-0.3, -0.25) is 0 Å². The van der Waals surface area contributed by atoms with Crippen molar-refractivity contribution in [3.05, 3.63) is 72.8 Å². The third kappa shape index (κ3) is 3.58. The van der Waals surface area contributed by atoms with Gasteiger partial charge < -0.3 is 14.2 Å². The Labute approximate surface area is 154 Å². The number of rotatable bonds is 7. The van der Waals surface area contributed by atoms with Crippen molar-refractivity contribution < 1.29 is 14.2 Å². The lowest BCUT2D eigenvalue weighted by Gasteiger charge is -2.19. The molecule has 1 fully saturated rings. The van der Waals surface area contributed by atoms with Crippen LogP contribution in [0, 0.1) is 0 Å². The maximum atomic E-state index is 6.07. The van der Waals surface area contributed by atoms with Crippen LogP contribution in [0.15, 0.2) is 72.8 Å². The van der Waals surface area contributed by atoms with Crippen molar-refractivity contribution in [1.29, 1.82) is 0 Å². The quantitative estimate of drug-likeness (QED) is 0.551. The fraction of sp³-hybridized carbons (Fsp3) is 0.217. The van der Waals surface area contributed by atoms with Gasteiger partial charge in [0, 0.05) is 5.56 Å². The molecule has 0 aromatic heterocycles. The van der Waals surface area contributed by atoms with Crippen LogP contribution < -0.4 is 9.47 Å². The summed E-state index contributed by atoms with van der Waals surface area (Å²) in [4.78, 5) is 0. The van der Waals surface area contributed by atoms with E-state index in [0.717, 1.165) is 40.4 Å². The van der Waals surface area contributed by atoms with E-state index in [1.54, 1.807) is 0 Å². The van der Waals surface area contributed by atoms with E-state index in [9.17, 15) is 0 Å². The predicted molar refractivity (Wildman–Crippen MR) is 104 cm³/mol. The summed E-state index contributed by atoms with van der Waals surface area (Å²) in [5.41, 5.74) is 4.47. The molecule has 1 aliphatic rings. The first-order chi connectivity index (χ1) is 12.9. The molecular formula is C23H22O3. The average Bonchev–Trinajstić information content (AvgIpc) is 3.53. The highest BCUT2D eigenvalue weighted by molar-refractivity contribution is 5.89. The number of epoxide rings is 1. The maximum Gasteiger partial charge on any atom is 0.169 e. The second-order valence-electron chi connectivity index (χ2n) is 6.25. The first kappa shape index (κ1) is 16.7. The van der Waals surface area contributed by atoms with Crippen molar-refractivity contribution in [3.63, 3.8) is 0 Å². The Kier molecular flexibility index (Phi) is 4.89. The van der Waals surface area contributed by atoms with Gasteiger partial charge in [-0.1, -0.05) is 60.7 Å². The Morgan fingerprint density at radius 2 is 1.50 bits per heavy atom. The third-order valence-corrected chi connectivity index (χ3v) is 4.38. The Bertz CT molecular complexity index is 855. The van der Waals surface area contributed by atoms with Crippen molar-refractivity contribution in [3.8, 4) is 33.8 Å². The molecule has 1 saturated heterocycles. The summed E-state index contributed by atoms with van der Waals surface area (Å²) >= 11 is 0. The first-order valence-corrected chi connectivity index (χ1v) is 9.02. The zero-order valence-electron chi connectivity index (χ0n) is 14.9. The van der Waals surface area contributed by atoms with E-state index in [1.807, 2.05) is 37.3 Å². The molecule has 4 rings (SSSR count). The van der Waals surface area contributed by atoms with Gasteiger partial charge in [-0.2, -0.15) is 0 Å². The minimum absolute atomic E-state index is 0.207. The molecule has 0 radical (unpaired) electrons. The molecule has 0 N–H and O–H groups in total. The number of benzene rings is 3. The van der Waals surface area contributed by atoms with Crippen molar-refractivity contribution >= 4 is 0 Å². The first-order valence-electron chi connectivity index (χ1n) is 9.02. The lowest BCUT2D eigenvalue weighted by molar-refractivity contribution is 0.245. The second kappa shape index (κ2) is 7.63. The summed E-state index contributed by atoms with van der Waals surface area (Å²) in [5.74, 6) is 1.56. The highest BCUT2D eigenvalue weighted by Crippen LogP contribution is 2.45. The molecule has 132 valence electrons. The third-order valence-electron chi connectivity index (χ3n) is 4.38. The maximum absolute atomic E-state index is 6.07. The van der Waals surface area contributed by atoms with Crippen molar-refractivity contribution in [2.75, 3.05) is 19.8 Å². The molecule has 3 aromatic rings. The van der Waals surface area contributed by atoms with E-state index >= 15 is 0 Å². The van der Waals surface area contributed by atoms with Crippen molar-refractivity contribution in [2.45, 2.75) is 13.0 Å². The normalized spacial score (nSPS) is 15.5. The Hall–Kier alpha value is -2.78. The van der Waals surface area contributed by atoms with E-state index < -0.39 is 0 Å². The van der Waals surface area contributed by atoms with Gasteiger partial charge in [-0.25, -0.2) is 0 Å². The Morgan fingerprint density at radius 3 is 2.12 bits per heavy atom. The largest absolute Gasteiger partial charge is 0.489 e. The summed E-state index contributed by atoms with van der Waals surface area (Å²) in [6.07, 6.45) is 0.207. The minimum Gasteiger partial charge on any atom is -0.489 e. The van der Waals surface area contributed by atoms with Gasteiger partial charge >= 0.3 is 0 Å². The molecule has 0 unspecified atom stereocenters. The van der Waals surface area contributed by atoms with Crippen molar-refractivity contribution in [2.24, 2.45) is 0 Å². The summed E-state index contributed by atoms with van der Waals surface area (Å²) in [6.45, 7) is 3.91. The molecule has 0 aliphatic carbocycles. The monoisotopic (exact) mass is 346 g/mol. The molecule has 1 atom stereocenters. The van der Waals surface area contributed by atoms with Crippen LogP contribution in [0.4, 0.5) is 0 Å². The standard InChI is InChI=1S/C23H22O3/c1-2-24-23-21(26-16-19-15-25-19)14-13-20(17-9-5-3-6-10-17)22(23)18-11-7-4-8-12-18/h3-14,19H,2,15-16H2,1H3/t19-/m1/s1. The van der Waals surface area contributed by atoms with E-state index in [1.165, 1.54) is 0 Å². The topological polar surface area (TPSA) is 31.0 Å². The molecule has 0 saturated carbocycles. The minimum atomic E-state index is 0.207. The van der Waals surface area contributed by atoms with E-state index in [4.69, 9.17) is 14.2 Å². The van der Waals surface area contributed by atoms with Gasteiger partial charge in [0.1, 0.15) is 12.7 Å². The predicted octanol–water partition coefficient (Wildman–Crippen LogP) is 5.20. The zero-order valence-corrected chi connectivity index (χ0v) is 14.9. The lowest BCUT2D eigenvalue weighted by atomic mass is 9.93. The van der Waals surface area contributed by atoms with Crippen LogP contribution in [0.5, 0.6) is 11.5 Å². The van der Waals surface area contributed by atoms with Gasteiger partial charge in [0.2, 0.25) is 0 Å². The average molecular weight is 346 g/mol. The summed E-state index contributed by atoms with van der Waals surface area (Å²) in [5, 5.41) is 0. The van der Waals surface area contributed by atoms with Crippen LogP contribution in [-0.2, 0) is 4.74 Å². The van der Waals surface area contributed by atoms with Crippen LogP contribution in [0.2, 0.25) is 0 Å². The van der Waals surface area contributed by atoms with Crippen LogP contribution >= 0.6 is 0 Å². The summed E-state index contributed by atoms with van der Waals surface area (Å²) < 4.78 is 17.4. The van der Waals surface area contributed by atoms with E-state index in [-0.39, 0.29) is 6.10 Å². The second-order valence-corrected chi connectivity index (χ2v) is 6.25. The molecule has 1 heterocycles. The molecule has 3 heteroatoms. The molecule has 1 aliphatic heterocycles. The van der Waals surface area contributed by atoms with Gasteiger partial charge in [0.15, 0.2) is 11.5 Å². The zero-order chi connectivity index (χ0) is 17.8. The van der Waals surface area contributed by atoms with Crippen LogP contribution in [0.3, 0.4) is 0 Å². The molecule has 3 nitrogen and oxygen atoms in total.